The Morgan fingerprint density at radius 3 is 2.60 bits per heavy atom. The summed E-state index contributed by atoms with van der Waals surface area (Å²) >= 11 is 6.40. The predicted molar refractivity (Wildman–Crippen MR) is 112 cm³/mol. The van der Waals surface area contributed by atoms with Crippen molar-refractivity contribution in [2.75, 3.05) is 6.54 Å². The maximum absolute atomic E-state index is 14.5. The highest BCUT2D eigenvalue weighted by Gasteiger charge is 2.34. The van der Waals surface area contributed by atoms with Gasteiger partial charge in [0.15, 0.2) is 0 Å². The number of aromatic nitrogens is 1. The zero-order valence-corrected chi connectivity index (χ0v) is 16.6. The van der Waals surface area contributed by atoms with Crippen LogP contribution >= 0.6 is 11.6 Å². The molecule has 30 heavy (non-hydrogen) atoms. The first-order valence-electron chi connectivity index (χ1n) is 9.50. The number of carbonyl (C=O) groups excluding carboxylic acids is 1. The topological polar surface area (TPSA) is 70.5 Å². The molecule has 0 bridgehead atoms. The van der Waals surface area contributed by atoms with E-state index in [-0.39, 0.29) is 5.91 Å². The Hall–Kier alpha value is -3.25. The minimum Gasteiger partial charge on any atom is -0.480 e. The number of likely N-dealkylation sites (tertiary alicyclic amines) is 1. The molecular formula is C23H18ClFN2O3. The van der Waals surface area contributed by atoms with Crippen molar-refractivity contribution in [3.05, 3.63) is 77.3 Å². The van der Waals surface area contributed by atoms with Crippen molar-refractivity contribution in [2.45, 2.75) is 18.9 Å². The number of pyridine rings is 1. The molecule has 4 rings (SSSR count). The van der Waals surface area contributed by atoms with Gasteiger partial charge in [0, 0.05) is 34.5 Å². The van der Waals surface area contributed by atoms with Crippen LogP contribution in [0.3, 0.4) is 0 Å². The van der Waals surface area contributed by atoms with E-state index < -0.39 is 17.8 Å². The predicted octanol–water partition coefficient (Wildman–Crippen LogP) is 4.90. The number of hydrogen-bond donors (Lipinski definition) is 1. The quantitative estimate of drug-likeness (QED) is 0.646. The first-order chi connectivity index (χ1) is 14.5. The van der Waals surface area contributed by atoms with Crippen molar-refractivity contribution < 1.29 is 19.1 Å². The molecule has 0 radical (unpaired) electrons. The number of carbonyl (C=O) groups is 2. The van der Waals surface area contributed by atoms with Crippen molar-refractivity contribution in [1.82, 2.24) is 9.88 Å². The highest BCUT2D eigenvalue weighted by atomic mass is 35.5. The molecular weight excluding hydrogens is 407 g/mol. The summed E-state index contributed by atoms with van der Waals surface area (Å²) in [6.45, 7) is 0.387. The van der Waals surface area contributed by atoms with Gasteiger partial charge in [-0.2, -0.15) is 0 Å². The van der Waals surface area contributed by atoms with Crippen LogP contribution in [0, 0.1) is 5.82 Å². The lowest BCUT2D eigenvalue weighted by atomic mass is 9.92. The number of carboxylic acids is 1. The number of rotatable bonds is 4. The van der Waals surface area contributed by atoms with Crippen LogP contribution in [0.2, 0.25) is 5.02 Å². The Morgan fingerprint density at radius 1 is 1.07 bits per heavy atom. The molecule has 5 nitrogen and oxygen atoms in total. The third kappa shape index (κ3) is 3.66. The molecule has 1 aliphatic heterocycles. The van der Waals surface area contributed by atoms with Crippen LogP contribution < -0.4 is 0 Å². The summed E-state index contributed by atoms with van der Waals surface area (Å²) in [6, 6.07) is 12.7. The van der Waals surface area contributed by atoms with Gasteiger partial charge in [0.1, 0.15) is 11.9 Å². The average Bonchev–Trinajstić information content (AvgIpc) is 3.24. The van der Waals surface area contributed by atoms with Gasteiger partial charge < -0.3 is 10.0 Å². The van der Waals surface area contributed by atoms with E-state index in [1.807, 2.05) is 6.07 Å². The van der Waals surface area contributed by atoms with E-state index in [1.54, 1.807) is 42.5 Å². The second-order valence-electron chi connectivity index (χ2n) is 7.09. The lowest BCUT2D eigenvalue weighted by Crippen LogP contribution is -2.40. The van der Waals surface area contributed by atoms with Crippen molar-refractivity contribution in [3.8, 4) is 22.3 Å². The Balaban J connectivity index is 1.85. The Labute approximate surface area is 177 Å². The molecule has 0 aliphatic carbocycles. The van der Waals surface area contributed by atoms with Crippen LogP contribution in [0.4, 0.5) is 4.39 Å². The van der Waals surface area contributed by atoms with E-state index in [2.05, 4.69) is 4.98 Å². The number of hydrogen-bond acceptors (Lipinski definition) is 3. The highest BCUT2D eigenvalue weighted by molar-refractivity contribution is 6.33. The highest BCUT2D eigenvalue weighted by Crippen LogP contribution is 2.38. The smallest absolute Gasteiger partial charge is 0.326 e. The lowest BCUT2D eigenvalue weighted by molar-refractivity contribution is -0.141. The molecule has 152 valence electrons. The molecule has 1 aliphatic rings. The zero-order chi connectivity index (χ0) is 21.3. The van der Waals surface area contributed by atoms with E-state index in [0.29, 0.717) is 52.2 Å². The van der Waals surface area contributed by atoms with Gasteiger partial charge in [-0.15, -0.1) is 0 Å². The summed E-state index contributed by atoms with van der Waals surface area (Å²) in [5.74, 6) is -1.87. The van der Waals surface area contributed by atoms with Gasteiger partial charge in [0.05, 0.1) is 6.20 Å². The molecule has 2 heterocycles. The van der Waals surface area contributed by atoms with Crippen LogP contribution in [-0.4, -0.2) is 39.5 Å². The van der Waals surface area contributed by atoms with Gasteiger partial charge in [-0.3, -0.25) is 9.78 Å². The number of carboxylic acid groups (broad SMARTS) is 1. The molecule has 1 unspecified atom stereocenters. The first-order valence-corrected chi connectivity index (χ1v) is 9.88. The molecule has 1 fully saturated rings. The second kappa shape index (κ2) is 8.24. The Bertz CT molecular complexity index is 1130. The van der Waals surface area contributed by atoms with E-state index in [4.69, 9.17) is 11.6 Å². The minimum atomic E-state index is -1.01. The minimum absolute atomic E-state index is 0.330. The van der Waals surface area contributed by atoms with Gasteiger partial charge in [0.2, 0.25) is 0 Å². The molecule has 7 heteroatoms. The number of aliphatic carboxylic acids is 1. The molecule has 0 spiro atoms. The number of nitrogens with zero attached hydrogens (tertiary/aromatic N) is 2. The fourth-order valence-corrected chi connectivity index (χ4v) is 4.08. The fraction of sp³-hybridized carbons (Fsp3) is 0.174. The fourth-order valence-electron chi connectivity index (χ4n) is 3.84. The van der Waals surface area contributed by atoms with Gasteiger partial charge in [-0.1, -0.05) is 35.9 Å². The van der Waals surface area contributed by atoms with E-state index in [9.17, 15) is 19.1 Å². The molecule has 0 saturated carbocycles. The Kier molecular flexibility index (Phi) is 5.50. The van der Waals surface area contributed by atoms with Gasteiger partial charge in [-0.05, 0) is 48.2 Å². The normalized spacial score (nSPS) is 15.9. The maximum Gasteiger partial charge on any atom is 0.326 e. The third-order valence-electron chi connectivity index (χ3n) is 5.29. The van der Waals surface area contributed by atoms with E-state index in [1.165, 1.54) is 11.1 Å². The average molecular weight is 425 g/mol. The maximum atomic E-state index is 14.5. The largest absolute Gasteiger partial charge is 0.480 e. The standard InChI is InChI=1S/C23H18ClFN2O3/c24-19-5-2-1-4-16(19)18-12-14(22(28)27-11-3-6-21(27)23(29)30)7-8-15(18)17-9-10-26-13-20(17)25/h1-2,4-5,7-10,12-13,21H,3,6,11H2,(H,29,30). The van der Waals surface area contributed by atoms with Gasteiger partial charge in [-0.25, -0.2) is 9.18 Å². The van der Waals surface area contributed by atoms with E-state index >= 15 is 0 Å². The summed E-state index contributed by atoms with van der Waals surface area (Å²) in [5, 5.41) is 9.87. The molecule has 1 saturated heterocycles. The van der Waals surface area contributed by atoms with E-state index in [0.717, 1.165) is 6.20 Å². The molecule has 2 aromatic carbocycles. The van der Waals surface area contributed by atoms with Crippen molar-refractivity contribution in [2.24, 2.45) is 0 Å². The van der Waals surface area contributed by atoms with Crippen LogP contribution in [0.5, 0.6) is 0 Å². The first kappa shape index (κ1) is 20.0. The summed E-state index contributed by atoms with van der Waals surface area (Å²) in [6.07, 6.45) is 3.70. The van der Waals surface area contributed by atoms with Crippen LogP contribution in [0.25, 0.3) is 22.3 Å². The number of halogens is 2. The Morgan fingerprint density at radius 2 is 1.87 bits per heavy atom. The SMILES string of the molecule is O=C(O)C1CCCN1C(=O)c1ccc(-c2ccncc2F)c(-c2ccccc2Cl)c1. The van der Waals surface area contributed by atoms with Crippen molar-refractivity contribution in [3.63, 3.8) is 0 Å². The monoisotopic (exact) mass is 424 g/mol. The second-order valence-corrected chi connectivity index (χ2v) is 7.50. The van der Waals surface area contributed by atoms with Gasteiger partial charge >= 0.3 is 5.97 Å². The zero-order valence-electron chi connectivity index (χ0n) is 15.9. The van der Waals surface area contributed by atoms with Gasteiger partial charge in [0.25, 0.3) is 5.91 Å². The lowest BCUT2D eigenvalue weighted by Gasteiger charge is -2.22. The summed E-state index contributed by atoms with van der Waals surface area (Å²) in [7, 11) is 0. The third-order valence-corrected chi connectivity index (χ3v) is 5.62. The van der Waals surface area contributed by atoms with Crippen LogP contribution in [-0.2, 0) is 4.79 Å². The molecule has 1 aromatic heterocycles. The molecule has 1 atom stereocenters. The molecule has 1 amide bonds. The summed E-state index contributed by atoms with van der Waals surface area (Å²) in [4.78, 5) is 29.8. The number of amides is 1. The molecule has 3 aromatic rings. The van der Waals surface area contributed by atoms with Crippen LogP contribution in [0.15, 0.2) is 60.9 Å². The number of benzene rings is 2. The van der Waals surface area contributed by atoms with Crippen LogP contribution in [0.1, 0.15) is 23.2 Å². The molecule has 1 N–H and O–H groups in total. The summed E-state index contributed by atoms with van der Waals surface area (Å²) in [5.41, 5.74) is 2.47. The van der Waals surface area contributed by atoms with Crippen molar-refractivity contribution in [1.29, 1.82) is 0 Å². The van der Waals surface area contributed by atoms with Crippen molar-refractivity contribution >= 4 is 23.5 Å². The summed E-state index contributed by atoms with van der Waals surface area (Å²) < 4.78 is 14.5.